The first-order valence-corrected chi connectivity index (χ1v) is 8.23. The highest BCUT2D eigenvalue weighted by Gasteiger charge is 2.26. The molecular weight excluding hydrogens is 323 g/mol. The molecule has 7 heteroatoms. The summed E-state index contributed by atoms with van der Waals surface area (Å²) in [6.07, 6.45) is 4.40. The van der Waals surface area contributed by atoms with Gasteiger partial charge in [-0.15, -0.1) is 0 Å². The highest BCUT2D eigenvalue weighted by atomic mass is 19.1. The van der Waals surface area contributed by atoms with Crippen molar-refractivity contribution in [1.82, 2.24) is 20.5 Å². The van der Waals surface area contributed by atoms with Crippen LogP contribution in [0, 0.1) is 5.82 Å². The molecule has 1 aliphatic rings. The number of nitrogens with one attached hydrogen (secondary N) is 2. The van der Waals surface area contributed by atoms with Gasteiger partial charge in [0.2, 0.25) is 5.89 Å². The van der Waals surface area contributed by atoms with Gasteiger partial charge in [-0.3, -0.25) is 9.89 Å². The second kappa shape index (κ2) is 6.51. The standard InChI is InChI=1S/C18H17FN4O2/c19-13-5-3-12(4-6-13)18-21-14(10-25-18)7-8-20-17(24)16-9-15(22-23-16)11-1-2-11/h3-6,9-11H,1-2,7-8H2,(H,20,24)(H,22,23). The van der Waals surface area contributed by atoms with Gasteiger partial charge in [0.15, 0.2) is 0 Å². The van der Waals surface area contributed by atoms with Crippen LogP contribution in [0.3, 0.4) is 0 Å². The van der Waals surface area contributed by atoms with Gasteiger partial charge in [-0.1, -0.05) is 0 Å². The third kappa shape index (κ3) is 3.60. The minimum atomic E-state index is -0.304. The second-order valence-corrected chi connectivity index (χ2v) is 6.14. The molecule has 0 radical (unpaired) electrons. The van der Waals surface area contributed by atoms with Gasteiger partial charge in [-0.05, 0) is 43.2 Å². The van der Waals surface area contributed by atoms with E-state index in [0.29, 0.717) is 36.0 Å². The minimum Gasteiger partial charge on any atom is -0.444 e. The zero-order chi connectivity index (χ0) is 17.2. The summed E-state index contributed by atoms with van der Waals surface area (Å²) in [6, 6.07) is 7.76. The van der Waals surface area contributed by atoms with Crippen molar-refractivity contribution >= 4 is 5.91 Å². The van der Waals surface area contributed by atoms with E-state index in [1.54, 1.807) is 18.4 Å². The fraction of sp³-hybridized carbons (Fsp3) is 0.278. The first-order chi connectivity index (χ1) is 12.2. The number of aromatic amines is 1. The molecule has 0 spiro atoms. The molecule has 1 saturated carbocycles. The highest BCUT2D eigenvalue weighted by molar-refractivity contribution is 5.92. The molecule has 1 aromatic carbocycles. The van der Waals surface area contributed by atoms with Crippen LogP contribution in [0.2, 0.25) is 0 Å². The van der Waals surface area contributed by atoms with Gasteiger partial charge in [0, 0.05) is 30.1 Å². The molecule has 4 rings (SSSR count). The van der Waals surface area contributed by atoms with Crippen LogP contribution in [0.1, 0.15) is 40.6 Å². The number of rotatable bonds is 6. The van der Waals surface area contributed by atoms with Crippen LogP contribution in [0.25, 0.3) is 11.5 Å². The van der Waals surface area contributed by atoms with Gasteiger partial charge < -0.3 is 9.73 Å². The van der Waals surface area contributed by atoms with E-state index in [0.717, 1.165) is 24.2 Å². The van der Waals surface area contributed by atoms with Crippen molar-refractivity contribution in [3.05, 3.63) is 59.5 Å². The van der Waals surface area contributed by atoms with Gasteiger partial charge in [-0.2, -0.15) is 5.10 Å². The van der Waals surface area contributed by atoms with Crippen molar-refractivity contribution in [1.29, 1.82) is 0 Å². The minimum absolute atomic E-state index is 0.203. The summed E-state index contributed by atoms with van der Waals surface area (Å²) in [5, 5.41) is 9.79. The molecule has 1 aliphatic carbocycles. The number of aromatic nitrogens is 3. The Morgan fingerprint density at radius 3 is 2.88 bits per heavy atom. The lowest BCUT2D eigenvalue weighted by Gasteiger charge is -2.00. The number of hydrogen-bond acceptors (Lipinski definition) is 4. The molecular formula is C18H17FN4O2. The van der Waals surface area contributed by atoms with Crippen LogP contribution in [0.4, 0.5) is 4.39 Å². The van der Waals surface area contributed by atoms with Gasteiger partial charge in [0.05, 0.1) is 5.69 Å². The Hall–Kier alpha value is -2.96. The average molecular weight is 340 g/mol. The van der Waals surface area contributed by atoms with Crippen molar-refractivity contribution in [3.63, 3.8) is 0 Å². The number of amides is 1. The van der Waals surface area contributed by atoms with Crippen LogP contribution in [0.15, 0.2) is 41.0 Å². The molecule has 0 saturated heterocycles. The number of nitrogens with zero attached hydrogens (tertiary/aromatic N) is 2. The van der Waals surface area contributed by atoms with Crippen LogP contribution in [-0.2, 0) is 6.42 Å². The monoisotopic (exact) mass is 340 g/mol. The molecule has 2 aromatic heterocycles. The van der Waals surface area contributed by atoms with E-state index in [4.69, 9.17) is 4.42 Å². The van der Waals surface area contributed by atoms with E-state index >= 15 is 0 Å². The lowest BCUT2D eigenvalue weighted by molar-refractivity contribution is 0.0949. The van der Waals surface area contributed by atoms with E-state index in [2.05, 4.69) is 20.5 Å². The smallest absolute Gasteiger partial charge is 0.271 e. The second-order valence-electron chi connectivity index (χ2n) is 6.14. The number of oxazole rings is 1. The predicted molar refractivity (Wildman–Crippen MR) is 88.5 cm³/mol. The normalized spacial score (nSPS) is 13.8. The Morgan fingerprint density at radius 1 is 1.32 bits per heavy atom. The first kappa shape index (κ1) is 15.6. The molecule has 3 aromatic rings. The van der Waals surface area contributed by atoms with E-state index in [-0.39, 0.29) is 11.7 Å². The van der Waals surface area contributed by atoms with Crippen LogP contribution < -0.4 is 5.32 Å². The molecule has 6 nitrogen and oxygen atoms in total. The summed E-state index contributed by atoms with van der Waals surface area (Å²) in [4.78, 5) is 16.4. The maximum Gasteiger partial charge on any atom is 0.271 e. The number of halogens is 1. The fourth-order valence-electron chi connectivity index (χ4n) is 2.60. The van der Waals surface area contributed by atoms with E-state index in [1.165, 1.54) is 12.1 Å². The maximum atomic E-state index is 12.9. The largest absolute Gasteiger partial charge is 0.444 e. The summed E-state index contributed by atoms with van der Waals surface area (Å²) in [6.45, 7) is 0.430. The molecule has 2 N–H and O–H groups in total. The molecule has 2 heterocycles. The quantitative estimate of drug-likeness (QED) is 0.722. The van der Waals surface area contributed by atoms with Gasteiger partial charge in [-0.25, -0.2) is 9.37 Å². The van der Waals surface area contributed by atoms with Crippen LogP contribution in [0.5, 0.6) is 0 Å². The number of carbonyl (C=O) groups is 1. The van der Waals surface area contributed by atoms with E-state index in [1.807, 2.05) is 6.07 Å². The molecule has 0 atom stereocenters. The molecule has 1 amide bonds. The number of H-pyrrole nitrogens is 1. The van der Waals surface area contributed by atoms with Gasteiger partial charge in [0.1, 0.15) is 17.8 Å². The lowest BCUT2D eigenvalue weighted by atomic mass is 10.2. The Labute approximate surface area is 143 Å². The maximum absolute atomic E-state index is 12.9. The molecule has 0 aliphatic heterocycles. The first-order valence-electron chi connectivity index (χ1n) is 8.23. The highest BCUT2D eigenvalue weighted by Crippen LogP contribution is 2.38. The van der Waals surface area contributed by atoms with Crippen molar-refractivity contribution in [2.45, 2.75) is 25.2 Å². The number of carbonyl (C=O) groups excluding carboxylic acids is 1. The number of hydrogen-bond donors (Lipinski definition) is 2. The zero-order valence-electron chi connectivity index (χ0n) is 13.5. The predicted octanol–water partition coefficient (Wildman–Crippen LogP) is 3.05. The summed E-state index contributed by atoms with van der Waals surface area (Å²) in [7, 11) is 0. The summed E-state index contributed by atoms with van der Waals surface area (Å²) in [5.74, 6) is 0.462. The summed E-state index contributed by atoms with van der Waals surface area (Å²) >= 11 is 0. The van der Waals surface area contributed by atoms with Crippen LogP contribution in [-0.4, -0.2) is 27.6 Å². The SMILES string of the molecule is O=C(NCCc1coc(-c2ccc(F)cc2)n1)c1cc(C2CC2)[nH]n1. The van der Waals surface area contributed by atoms with E-state index in [9.17, 15) is 9.18 Å². The van der Waals surface area contributed by atoms with Gasteiger partial charge >= 0.3 is 0 Å². The lowest BCUT2D eigenvalue weighted by Crippen LogP contribution is -2.26. The molecule has 0 bridgehead atoms. The summed E-state index contributed by atoms with van der Waals surface area (Å²) < 4.78 is 18.3. The Kier molecular flexibility index (Phi) is 4.05. The topological polar surface area (TPSA) is 83.8 Å². The fourth-order valence-corrected chi connectivity index (χ4v) is 2.60. The van der Waals surface area contributed by atoms with Gasteiger partial charge in [0.25, 0.3) is 5.91 Å². The van der Waals surface area contributed by atoms with E-state index < -0.39 is 0 Å². The third-order valence-electron chi connectivity index (χ3n) is 4.16. The van der Waals surface area contributed by atoms with Crippen LogP contribution >= 0.6 is 0 Å². The van der Waals surface area contributed by atoms with Crippen molar-refractivity contribution in [2.24, 2.45) is 0 Å². The Balaban J connectivity index is 1.30. The molecule has 1 fully saturated rings. The zero-order valence-corrected chi connectivity index (χ0v) is 13.5. The Morgan fingerprint density at radius 2 is 2.12 bits per heavy atom. The third-order valence-corrected chi connectivity index (χ3v) is 4.16. The molecule has 0 unspecified atom stereocenters. The Bertz CT molecular complexity index is 881. The molecule has 128 valence electrons. The van der Waals surface area contributed by atoms with Crippen molar-refractivity contribution in [2.75, 3.05) is 6.54 Å². The average Bonchev–Trinajstić information content (AvgIpc) is 3.16. The number of benzene rings is 1. The van der Waals surface area contributed by atoms with Crippen molar-refractivity contribution in [3.8, 4) is 11.5 Å². The summed E-state index contributed by atoms with van der Waals surface area (Å²) in [5.41, 5.74) is 2.88. The van der Waals surface area contributed by atoms with Crippen molar-refractivity contribution < 1.29 is 13.6 Å². The molecule has 25 heavy (non-hydrogen) atoms.